The van der Waals surface area contributed by atoms with Crippen LogP contribution in [0.3, 0.4) is 0 Å². The van der Waals surface area contributed by atoms with Gasteiger partial charge in [-0.2, -0.15) is 0 Å². The van der Waals surface area contributed by atoms with Crippen LogP contribution in [0.15, 0.2) is 24.3 Å². The lowest BCUT2D eigenvalue weighted by Crippen LogP contribution is -2.26. The van der Waals surface area contributed by atoms with Crippen LogP contribution in [-0.4, -0.2) is 29.1 Å². The molecule has 0 bridgehead atoms. The maximum Gasteiger partial charge on any atom is 0.335 e. The van der Waals surface area contributed by atoms with Crippen LogP contribution in [0, 0.1) is 0 Å². The molecule has 1 aromatic carbocycles. The summed E-state index contributed by atoms with van der Waals surface area (Å²) in [5, 5.41) is 8.81. The van der Waals surface area contributed by atoms with Crippen LogP contribution in [0.4, 0.5) is 0 Å². The van der Waals surface area contributed by atoms with Gasteiger partial charge >= 0.3 is 5.97 Å². The molecule has 16 heavy (non-hydrogen) atoms. The molecule has 0 amide bonds. The predicted octanol–water partition coefficient (Wildman–Crippen LogP) is 2.79. The smallest absolute Gasteiger partial charge is 0.335 e. The van der Waals surface area contributed by atoms with E-state index < -0.39 is 5.97 Å². The first-order chi connectivity index (χ1) is 7.60. The third-order valence-electron chi connectivity index (χ3n) is 3.00. The molecule has 1 rings (SSSR count). The van der Waals surface area contributed by atoms with Crippen molar-refractivity contribution in [3.8, 4) is 0 Å². The van der Waals surface area contributed by atoms with Crippen molar-refractivity contribution in [1.29, 1.82) is 0 Å². The van der Waals surface area contributed by atoms with Crippen LogP contribution in [-0.2, 0) is 0 Å². The molecule has 1 aromatic rings. The van der Waals surface area contributed by atoms with Gasteiger partial charge in [-0.05, 0) is 37.7 Å². The first-order valence-corrected chi connectivity index (χ1v) is 5.67. The molecule has 3 nitrogen and oxygen atoms in total. The van der Waals surface area contributed by atoms with Crippen molar-refractivity contribution in [3.63, 3.8) is 0 Å². The van der Waals surface area contributed by atoms with Gasteiger partial charge in [0.1, 0.15) is 0 Å². The number of benzene rings is 1. The summed E-state index contributed by atoms with van der Waals surface area (Å²) in [6, 6.07) is 7.45. The molecule has 0 aliphatic heterocycles. The maximum absolute atomic E-state index is 10.7. The van der Waals surface area contributed by atoms with Gasteiger partial charge < -0.3 is 5.11 Å². The van der Waals surface area contributed by atoms with Crippen molar-refractivity contribution in [3.05, 3.63) is 35.4 Å². The zero-order valence-corrected chi connectivity index (χ0v) is 10.1. The SMILES string of the molecule is CCN(CC)C(C)c1ccc(C(=O)O)cc1. The quantitative estimate of drug-likeness (QED) is 0.831. The number of nitrogens with zero attached hydrogens (tertiary/aromatic N) is 1. The molecule has 0 saturated carbocycles. The molecule has 88 valence electrons. The van der Waals surface area contributed by atoms with Crippen LogP contribution < -0.4 is 0 Å². The minimum Gasteiger partial charge on any atom is -0.478 e. The van der Waals surface area contributed by atoms with E-state index in [0.717, 1.165) is 18.7 Å². The molecule has 1 atom stereocenters. The number of aromatic carboxylic acids is 1. The second-order valence-corrected chi connectivity index (χ2v) is 3.82. The number of hydrogen-bond acceptors (Lipinski definition) is 2. The first-order valence-electron chi connectivity index (χ1n) is 5.67. The largest absolute Gasteiger partial charge is 0.478 e. The highest BCUT2D eigenvalue weighted by Crippen LogP contribution is 2.19. The number of rotatable bonds is 5. The second-order valence-electron chi connectivity index (χ2n) is 3.82. The number of hydrogen-bond donors (Lipinski definition) is 1. The highest BCUT2D eigenvalue weighted by molar-refractivity contribution is 5.87. The molecule has 3 heteroatoms. The predicted molar refractivity (Wildman–Crippen MR) is 64.7 cm³/mol. The van der Waals surface area contributed by atoms with Crippen molar-refractivity contribution in [2.75, 3.05) is 13.1 Å². The van der Waals surface area contributed by atoms with Gasteiger partial charge in [0.05, 0.1) is 5.56 Å². The molecule has 1 unspecified atom stereocenters. The molecule has 0 aliphatic carbocycles. The monoisotopic (exact) mass is 221 g/mol. The van der Waals surface area contributed by atoms with E-state index >= 15 is 0 Å². The van der Waals surface area contributed by atoms with Crippen molar-refractivity contribution in [2.45, 2.75) is 26.8 Å². The molecule has 0 aromatic heterocycles. The molecule has 0 radical (unpaired) electrons. The summed E-state index contributed by atoms with van der Waals surface area (Å²) in [4.78, 5) is 13.0. The van der Waals surface area contributed by atoms with Crippen molar-refractivity contribution in [1.82, 2.24) is 4.90 Å². The Kier molecular flexibility index (Phi) is 4.50. The van der Waals surface area contributed by atoms with Gasteiger partial charge in [0, 0.05) is 6.04 Å². The normalized spacial score (nSPS) is 12.8. The van der Waals surface area contributed by atoms with E-state index in [9.17, 15) is 4.79 Å². The van der Waals surface area contributed by atoms with E-state index in [1.54, 1.807) is 12.1 Å². The summed E-state index contributed by atoms with van der Waals surface area (Å²) in [6.45, 7) is 8.40. The maximum atomic E-state index is 10.7. The van der Waals surface area contributed by atoms with Gasteiger partial charge in [-0.25, -0.2) is 4.79 Å². The topological polar surface area (TPSA) is 40.5 Å². The molecule has 0 heterocycles. The van der Waals surface area contributed by atoms with Gasteiger partial charge in [0.2, 0.25) is 0 Å². The summed E-state index contributed by atoms with van der Waals surface area (Å²) in [7, 11) is 0. The Labute approximate surface area is 96.7 Å². The van der Waals surface area contributed by atoms with Gasteiger partial charge in [0.15, 0.2) is 0 Å². The van der Waals surface area contributed by atoms with Gasteiger partial charge in [0.25, 0.3) is 0 Å². The summed E-state index contributed by atoms with van der Waals surface area (Å²) >= 11 is 0. The van der Waals surface area contributed by atoms with Crippen molar-refractivity contribution < 1.29 is 9.90 Å². The lowest BCUT2D eigenvalue weighted by molar-refractivity contribution is 0.0697. The average molecular weight is 221 g/mol. The Balaban J connectivity index is 2.84. The highest BCUT2D eigenvalue weighted by atomic mass is 16.4. The Hall–Kier alpha value is -1.35. The van der Waals surface area contributed by atoms with Crippen molar-refractivity contribution >= 4 is 5.97 Å². The fraction of sp³-hybridized carbons (Fsp3) is 0.462. The van der Waals surface area contributed by atoms with E-state index in [4.69, 9.17) is 5.11 Å². The fourth-order valence-electron chi connectivity index (χ4n) is 1.89. The van der Waals surface area contributed by atoms with Crippen LogP contribution >= 0.6 is 0 Å². The molecular formula is C13H19NO2. The zero-order chi connectivity index (χ0) is 12.1. The van der Waals surface area contributed by atoms with Crippen LogP contribution in [0.1, 0.15) is 42.7 Å². The summed E-state index contributed by atoms with van der Waals surface area (Å²) in [5.74, 6) is -0.873. The minimum atomic E-state index is -0.873. The standard InChI is InChI=1S/C13H19NO2/c1-4-14(5-2)10(3)11-6-8-12(9-7-11)13(15)16/h6-10H,4-5H2,1-3H3,(H,15,16). The van der Waals surface area contributed by atoms with E-state index in [-0.39, 0.29) is 0 Å². The van der Waals surface area contributed by atoms with Crippen LogP contribution in [0.2, 0.25) is 0 Å². The van der Waals surface area contributed by atoms with E-state index in [0.29, 0.717) is 11.6 Å². The van der Waals surface area contributed by atoms with Crippen molar-refractivity contribution in [2.24, 2.45) is 0 Å². The Morgan fingerprint density at radius 2 is 1.75 bits per heavy atom. The molecule has 0 aliphatic rings. The zero-order valence-electron chi connectivity index (χ0n) is 10.1. The lowest BCUT2D eigenvalue weighted by atomic mass is 10.0. The first kappa shape index (κ1) is 12.7. The van der Waals surface area contributed by atoms with Gasteiger partial charge in [-0.15, -0.1) is 0 Å². The Bertz CT molecular complexity index is 341. The average Bonchev–Trinajstić information content (AvgIpc) is 2.30. The Morgan fingerprint density at radius 3 is 2.12 bits per heavy atom. The minimum absolute atomic E-state index is 0.331. The second kappa shape index (κ2) is 5.66. The number of carboxylic acids is 1. The Morgan fingerprint density at radius 1 is 1.25 bits per heavy atom. The molecule has 0 spiro atoms. The van der Waals surface area contributed by atoms with Crippen LogP contribution in [0.5, 0.6) is 0 Å². The lowest BCUT2D eigenvalue weighted by Gasteiger charge is -2.26. The third-order valence-corrected chi connectivity index (χ3v) is 3.00. The van der Waals surface area contributed by atoms with Gasteiger partial charge in [-0.1, -0.05) is 26.0 Å². The third kappa shape index (κ3) is 2.83. The molecule has 0 saturated heterocycles. The van der Waals surface area contributed by atoms with Gasteiger partial charge in [-0.3, -0.25) is 4.90 Å². The molecule has 1 N–H and O–H groups in total. The van der Waals surface area contributed by atoms with Crippen LogP contribution in [0.25, 0.3) is 0 Å². The fourth-order valence-corrected chi connectivity index (χ4v) is 1.89. The molecule has 0 fully saturated rings. The van der Waals surface area contributed by atoms with E-state index in [2.05, 4.69) is 25.7 Å². The van der Waals surface area contributed by atoms with E-state index in [1.807, 2.05) is 12.1 Å². The summed E-state index contributed by atoms with van der Waals surface area (Å²) in [5.41, 5.74) is 1.50. The molecular weight excluding hydrogens is 202 g/mol. The summed E-state index contributed by atoms with van der Waals surface area (Å²) in [6.07, 6.45) is 0. The number of carboxylic acid groups (broad SMARTS) is 1. The summed E-state index contributed by atoms with van der Waals surface area (Å²) < 4.78 is 0. The van der Waals surface area contributed by atoms with E-state index in [1.165, 1.54) is 0 Å². The highest BCUT2D eigenvalue weighted by Gasteiger charge is 2.12. The number of carbonyl (C=O) groups is 1.